The van der Waals surface area contributed by atoms with Crippen LogP contribution in [0, 0.1) is 0 Å². The Hall–Kier alpha value is -3.15. The van der Waals surface area contributed by atoms with Gasteiger partial charge in [0.1, 0.15) is 6.54 Å². The lowest BCUT2D eigenvalue weighted by Gasteiger charge is -2.06. The molecule has 3 aromatic rings. The molecule has 0 aliphatic heterocycles. The summed E-state index contributed by atoms with van der Waals surface area (Å²) in [6.45, 7) is 0.463. The second kappa shape index (κ2) is 7.61. The van der Waals surface area contributed by atoms with Gasteiger partial charge in [-0.25, -0.2) is 9.48 Å². The number of amides is 1. The Labute approximate surface area is 157 Å². The number of nitrogens with one attached hydrogen (secondary N) is 1. The SMILES string of the molecule is O=C(Cn1nc(-c2ccccc2)n(CCc2ccccc2)c1=O)NC1CC1. The third-order valence-corrected chi connectivity index (χ3v) is 4.66. The quantitative estimate of drug-likeness (QED) is 0.701. The van der Waals surface area contributed by atoms with Gasteiger partial charge in [-0.15, -0.1) is 5.10 Å². The van der Waals surface area contributed by atoms with Gasteiger partial charge >= 0.3 is 5.69 Å². The molecule has 1 heterocycles. The summed E-state index contributed by atoms with van der Waals surface area (Å²) in [4.78, 5) is 25.0. The van der Waals surface area contributed by atoms with Crippen molar-refractivity contribution in [1.29, 1.82) is 0 Å². The largest absolute Gasteiger partial charge is 0.352 e. The van der Waals surface area contributed by atoms with E-state index in [1.54, 1.807) is 4.57 Å². The molecule has 0 saturated heterocycles. The van der Waals surface area contributed by atoms with Crippen molar-refractivity contribution in [3.63, 3.8) is 0 Å². The highest BCUT2D eigenvalue weighted by atomic mass is 16.2. The summed E-state index contributed by atoms with van der Waals surface area (Å²) in [5.74, 6) is 0.433. The predicted octanol–water partition coefficient (Wildman–Crippen LogP) is 2.23. The summed E-state index contributed by atoms with van der Waals surface area (Å²) in [5.41, 5.74) is 1.77. The van der Waals surface area contributed by atoms with E-state index < -0.39 is 0 Å². The van der Waals surface area contributed by atoms with Gasteiger partial charge in [0.25, 0.3) is 0 Å². The number of hydrogen-bond acceptors (Lipinski definition) is 3. The van der Waals surface area contributed by atoms with E-state index in [1.807, 2.05) is 60.7 Å². The number of hydrogen-bond donors (Lipinski definition) is 1. The van der Waals surface area contributed by atoms with Crippen LogP contribution in [0.3, 0.4) is 0 Å². The fraction of sp³-hybridized carbons (Fsp3) is 0.286. The molecule has 1 fully saturated rings. The van der Waals surface area contributed by atoms with E-state index >= 15 is 0 Å². The standard InChI is InChI=1S/C21H22N4O2/c26-19(22-18-11-12-18)15-25-21(27)24(14-13-16-7-3-1-4-8-16)20(23-25)17-9-5-2-6-10-17/h1-10,18H,11-15H2,(H,22,26). The second-order valence-electron chi connectivity index (χ2n) is 6.86. The smallest absolute Gasteiger partial charge is 0.346 e. The first-order chi connectivity index (χ1) is 13.2. The molecule has 0 bridgehead atoms. The normalized spacial score (nSPS) is 13.5. The van der Waals surface area contributed by atoms with E-state index in [0.717, 1.165) is 30.4 Å². The third-order valence-electron chi connectivity index (χ3n) is 4.66. The van der Waals surface area contributed by atoms with E-state index in [2.05, 4.69) is 10.4 Å². The molecule has 138 valence electrons. The first-order valence-corrected chi connectivity index (χ1v) is 9.27. The van der Waals surface area contributed by atoms with E-state index in [9.17, 15) is 9.59 Å². The summed E-state index contributed by atoms with van der Waals surface area (Å²) in [7, 11) is 0. The van der Waals surface area contributed by atoms with Crippen LogP contribution in [0.2, 0.25) is 0 Å². The van der Waals surface area contributed by atoms with Gasteiger partial charge in [-0.2, -0.15) is 0 Å². The lowest BCUT2D eigenvalue weighted by Crippen LogP contribution is -2.34. The number of rotatable bonds is 7. The fourth-order valence-corrected chi connectivity index (χ4v) is 3.07. The molecule has 1 amide bonds. The Bertz CT molecular complexity index is 972. The van der Waals surface area contributed by atoms with Crippen LogP contribution in [0.5, 0.6) is 0 Å². The lowest BCUT2D eigenvalue weighted by atomic mass is 10.1. The van der Waals surface area contributed by atoms with Gasteiger partial charge in [0.15, 0.2) is 5.82 Å². The fourth-order valence-electron chi connectivity index (χ4n) is 3.07. The third kappa shape index (κ3) is 4.16. The van der Waals surface area contributed by atoms with Gasteiger partial charge in [0.05, 0.1) is 0 Å². The van der Waals surface area contributed by atoms with E-state index in [4.69, 9.17) is 0 Å². The van der Waals surface area contributed by atoms with Crippen LogP contribution in [0.15, 0.2) is 65.5 Å². The minimum atomic E-state index is -0.254. The molecule has 0 atom stereocenters. The van der Waals surface area contributed by atoms with Crippen LogP contribution in [0.25, 0.3) is 11.4 Å². The van der Waals surface area contributed by atoms with Crippen molar-refractivity contribution in [2.45, 2.75) is 38.4 Å². The number of carbonyl (C=O) groups excluding carboxylic acids is 1. The zero-order chi connectivity index (χ0) is 18.6. The van der Waals surface area contributed by atoms with Gasteiger partial charge in [-0.1, -0.05) is 60.7 Å². The van der Waals surface area contributed by atoms with Crippen LogP contribution in [-0.2, 0) is 24.3 Å². The molecular weight excluding hydrogens is 340 g/mol. The highest BCUT2D eigenvalue weighted by Crippen LogP contribution is 2.19. The van der Waals surface area contributed by atoms with Crippen molar-refractivity contribution in [3.8, 4) is 11.4 Å². The van der Waals surface area contributed by atoms with Gasteiger partial charge in [-0.05, 0) is 24.8 Å². The molecule has 1 aromatic heterocycles. The average molecular weight is 362 g/mol. The van der Waals surface area contributed by atoms with Gasteiger partial charge in [-0.3, -0.25) is 9.36 Å². The summed E-state index contributed by atoms with van der Waals surface area (Å²) >= 11 is 0. The Kier molecular flexibility index (Phi) is 4.87. The summed E-state index contributed by atoms with van der Waals surface area (Å²) < 4.78 is 2.93. The maximum Gasteiger partial charge on any atom is 0.346 e. The topological polar surface area (TPSA) is 68.9 Å². The monoisotopic (exact) mass is 362 g/mol. The van der Waals surface area contributed by atoms with Gasteiger partial charge in [0.2, 0.25) is 5.91 Å². The zero-order valence-corrected chi connectivity index (χ0v) is 15.0. The van der Waals surface area contributed by atoms with Crippen molar-refractivity contribution in [2.24, 2.45) is 0 Å². The van der Waals surface area contributed by atoms with Crippen LogP contribution < -0.4 is 11.0 Å². The molecule has 6 heteroatoms. The molecule has 1 N–H and O–H groups in total. The molecule has 1 aliphatic rings. The zero-order valence-electron chi connectivity index (χ0n) is 15.0. The lowest BCUT2D eigenvalue weighted by molar-refractivity contribution is -0.122. The van der Waals surface area contributed by atoms with Crippen LogP contribution in [0.4, 0.5) is 0 Å². The summed E-state index contributed by atoms with van der Waals surface area (Å²) in [6.07, 6.45) is 2.75. The van der Waals surface area contributed by atoms with Crippen molar-refractivity contribution < 1.29 is 4.79 Å². The first kappa shape index (κ1) is 17.3. The van der Waals surface area contributed by atoms with Crippen LogP contribution >= 0.6 is 0 Å². The average Bonchev–Trinajstić information content (AvgIpc) is 3.46. The number of aryl methyl sites for hydroxylation is 1. The Balaban J connectivity index is 1.62. The van der Waals surface area contributed by atoms with E-state index in [1.165, 1.54) is 4.68 Å². The maximum absolute atomic E-state index is 12.9. The highest BCUT2D eigenvalue weighted by molar-refractivity contribution is 5.76. The van der Waals surface area contributed by atoms with E-state index in [0.29, 0.717) is 12.4 Å². The minimum absolute atomic E-state index is 0.0481. The molecule has 1 aliphatic carbocycles. The summed E-state index contributed by atoms with van der Waals surface area (Å²) in [5, 5.41) is 7.37. The Morgan fingerprint density at radius 3 is 2.37 bits per heavy atom. The van der Waals surface area contributed by atoms with Crippen molar-refractivity contribution >= 4 is 5.91 Å². The second-order valence-corrected chi connectivity index (χ2v) is 6.86. The van der Waals surface area contributed by atoms with Crippen molar-refractivity contribution in [2.75, 3.05) is 0 Å². The highest BCUT2D eigenvalue weighted by Gasteiger charge is 2.24. The van der Waals surface area contributed by atoms with Crippen LogP contribution in [-0.4, -0.2) is 26.3 Å². The number of benzene rings is 2. The molecule has 4 rings (SSSR count). The molecule has 1 saturated carbocycles. The van der Waals surface area contributed by atoms with Crippen LogP contribution in [0.1, 0.15) is 18.4 Å². The number of carbonyl (C=O) groups is 1. The molecule has 0 radical (unpaired) electrons. The van der Waals surface area contributed by atoms with Crippen molar-refractivity contribution in [3.05, 3.63) is 76.7 Å². The molecule has 0 spiro atoms. The minimum Gasteiger partial charge on any atom is -0.352 e. The van der Waals surface area contributed by atoms with E-state index in [-0.39, 0.29) is 24.2 Å². The van der Waals surface area contributed by atoms with Gasteiger partial charge in [0, 0.05) is 18.2 Å². The molecule has 0 unspecified atom stereocenters. The molecule has 6 nitrogen and oxygen atoms in total. The number of aromatic nitrogens is 3. The Morgan fingerprint density at radius 1 is 1.04 bits per heavy atom. The van der Waals surface area contributed by atoms with Crippen molar-refractivity contribution in [1.82, 2.24) is 19.7 Å². The van der Waals surface area contributed by atoms with Gasteiger partial charge < -0.3 is 5.32 Å². The first-order valence-electron chi connectivity index (χ1n) is 9.27. The Morgan fingerprint density at radius 2 is 1.70 bits per heavy atom. The summed E-state index contributed by atoms with van der Waals surface area (Å²) in [6, 6.07) is 19.9. The molecule has 2 aromatic carbocycles. The molecule has 27 heavy (non-hydrogen) atoms. The maximum atomic E-state index is 12.9. The number of nitrogens with zero attached hydrogens (tertiary/aromatic N) is 3. The molecular formula is C21H22N4O2. The predicted molar refractivity (Wildman–Crippen MR) is 103 cm³/mol.